The number of likely N-dealkylation sites (tertiary alicyclic amines) is 2. The van der Waals surface area contributed by atoms with E-state index in [0.29, 0.717) is 166 Å². The third-order valence-electron chi connectivity index (χ3n) is 24.6. The number of amides is 5. The second-order valence-corrected chi connectivity index (χ2v) is 37.1. The monoisotopic (exact) mass is 2090 g/mol. The highest BCUT2D eigenvalue weighted by Crippen LogP contribution is 2.28. The van der Waals surface area contributed by atoms with Crippen LogP contribution in [0.4, 0.5) is 28.4 Å². The number of halogens is 5. The van der Waals surface area contributed by atoms with Crippen LogP contribution in [0.25, 0.3) is 0 Å². The zero-order valence-electron chi connectivity index (χ0n) is 81.7. The van der Waals surface area contributed by atoms with Gasteiger partial charge in [0.05, 0.1) is 119 Å². The first-order valence-corrected chi connectivity index (χ1v) is 48.8. The maximum absolute atomic E-state index is 12.9. The van der Waals surface area contributed by atoms with E-state index in [9.17, 15) is 47.9 Å². The Labute approximate surface area is 882 Å². The molecular weight excluding hydrogens is 1990 g/mol. The van der Waals surface area contributed by atoms with Crippen LogP contribution in [0.1, 0.15) is 186 Å². The number of aromatic nitrogens is 10. The molecule has 5 aromatic heterocycles. The largest absolute Gasteiger partial charge is 0.384 e. The van der Waals surface area contributed by atoms with Crippen molar-refractivity contribution in [2.75, 3.05) is 65.9 Å². The predicted molar refractivity (Wildman–Crippen MR) is 578 cm³/mol. The van der Waals surface area contributed by atoms with Crippen molar-refractivity contribution >= 4 is 174 Å². The Bertz CT molecular complexity index is 7370. The van der Waals surface area contributed by atoms with Crippen LogP contribution < -0.4 is 32.3 Å². The zero-order chi connectivity index (χ0) is 106. The fraction of sp³-hybridized carbons (Fsp3) is 0.182. The number of amidine groups is 4. The minimum absolute atomic E-state index is 0.0132. The third kappa shape index (κ3) is 28.6. The second-order valence-electron chi connectivity index (χ2n) is 34.9. The van der Waals surface area contributed by atoms with Gasteiger partial charge in [-0.05, 0) is 153 Å². The summed E-state index contributed by atoms with van der Waals surface area (Å²) in [6.07, 6.45) is 10.8. The molecule has 3 saturated heterocycles. The first kappa shape index (κ1) is 108. The average molecular weight is 2100 g/mol. The summed E-state index contributed by atoms with van der Waals surface area (Å²) < 4.78 is 7.68. The third-order valence-corrected chi connectivity index (χ3v) is 25.9. The first-order chi connectivity index (χ1) is 71.4. The summed E-state index contributed by atoms with van der Waals surface area (Å²) in [5.41, 5.74) is 19.5. The molecule has 15 aromatic rings. The van der Waals surface area contributed by atoms with E-state index in [-0.39, 0.29) is 96.4 Å². The number of nitrogens with one attached hydrogen (secondary N) is 10. The Morgan fingerprint density at radius 1 is 0.255 bits per heavy atom. The molecule has 149 heavy (non-hydrogen) atoms. The van der Waals surface area contributed by atoms with E-state index in [1.807, 2.05) is 21.9 Å². The molecule has 3 fully saturated rings. The van der Waals surface area contributed by atoms with Crippen molar-refractivity contribution in [1.82, 2.24) is 63.6 Å². The number of nitrogens with zero attached hydrogens (tertiary/aromatic N) is 13. The van der Waals surface area contributed by atoms with E-state index in [4.69, 9.17) is 90.8 Å². The summed E-state index contributed by atoms with van der Waals surface area (Å²) in [6, 6.07) is 68.4. The Kier molecular flexibility index (Phi) is 35.9. The molecule has 0 aliphatic carbocycles. The molecule has 0 unspecified atom stereocenters. The van der Waals surface area contributed by atoms with Gasteiger partial charge < -0.3 is 52.4 Å². The molecule has 10 aromatic carbocycles. The van der Waals surface area contributed by atoms with E-state index >= 15 is 0 Å². The van der Waals surface area contributed by atoms with Crippen LogP contribution in [0.3, 0.4) is 0 Å². The van der Waals surface area contributed by atoms with E-state index in [1.165, 1.54) is 40.3 Å². The Morgan fingerprint density at radius 2 is 0.430 bits per heavy atom. The van der Waals surface area contributed by atoms with Gasteiger partial charge in [0.2, 0.25) is 0 Å². The van der Waals surface area contributed by atoms with Gasteiger partial charge in [0.25, 0.3) is 29.5 Å². The Balaban J connectivity index is 0.000000147. The molecule has 0 atom stereocenters. The molecular formula is C110H103Cl5N24O10. The summed E-state index contributed by atoms with van der Waals surface area (Å²) in [7, 11) is 8.50. The van der Waals surface area contributed by atoms with Crippen molar-refractivity contribution in [2.45, 2.75) is 58.3 Å². The highest BCUT2D eigenvalue weighted by atomic mass is 35.5. The van der Waals surface area contributed by atoms with Crippen molar-refractivity contribution in [2.24, 2.45) is 41.0 Å². The molecule has 39 heteroatoms. The van der Waals surface area contributed by atoms with Crippen molar-refractivity contribution in [3.05, 3.63) is 411 Å². The molecule has 5 amide bonds. The van der Waals surface area contributed by atoms with Gasteiger partial charge in [0, 0.05) is 184 Å². The van der Waals surface area contributed by atoms with Crippen LogP contribution in [0.5, 0.6) is 0 Å². The number of anilines is 5. The van der Waals surface area contributed by atoms with Gasteiger partial charge in [-0.3, -0.25) is 93.0 Å². The van der Waals surface area contributed by atoms with Crippen molar-refractivity contribution < 1.29 is 47.9 Å². The zero-order valence-corrected chi connectivity index (χ0v) is 85.5. The lowest BCUT2D eigenvalue weighted by atomic mass is 10.0. The van der Waals surface area contributed by atoms with E-state index in [1.54, 1.807) is 287 Å². The molecule has 0 bridgehead atoms. The molecule has 3 aliphatic rings. The highest BCUT2D eigenvalue weighted by molar-refractivity contribution is 6.32. The lowest BCUT2D eigenvalue weighted by Crippen LogP contribution is -2.42. The first-order valence-electron chi connectivity index (χ1n) is 46.9. The van der Waals surface area contributed by atoms with Gasteiger partial charge in [0.1, 0.15) is 23.3 Å². The number of aryl methyl sites for hydroxylation is 5. The predicted octanol–water partition coefficient (Wildman–Crippen LogP) is 18.5. The number of Topliss-reactive ketones (excluding diaryl/α,β-unsaturated/α-hetero) is 5. The number of rotatable bonds is 30. The summed E-state index contributed by atoms with van der Waals surface area (Å²) in [4.78, 5) is 133. The standard InChI is InChI=1S/C24H24ClN5O2.C23H22ClN5O2.C22H20ClN5O2.C21H19ClN4O2.C20H18ClN5O2/c1-29-21(20(15-27-29)24(32)28-19-10-8-18(25)9-11-19)14-22(31)16-4-6-17(7-5-16)23(26)30-12-2-3-13-30;1-28-20(19(14-26-28)23(31)27-18-9-7-17(24)8-10-18)13-21(30)15-3-5-16(6-4-15)22(25)29-11-2-12-29;1-27-19(18(13-25-27)22(30)26-17-8-6-16(23)7-9-17)12-20(29)14-2-4-15(5-3-14)21(24)28-10-11-28;1-13(23)14-3-5-15(6-4-14)20(27)11-19-18(12-24-26(19)2)21(28)25-17-9-7-16(22)8-10-17;1-26-17(10-18(27)12-2-4-13(5-3-12)19(22)23)16(11-24-26)20(28)25-15-8-6-14(21)7-9-15/h4-11,15,26H,2-3,12-14H2,1H3,(H,28,32);3-10,14,25H,2,11-13H2,1H3,(H,27,31);2-9,13,24H,10-12H2,1H3,(H,26,30);3-10,12,23H,11H2,1-2H3,(H,25,28);2-9,11H,10H2,1H3,(H3,22,23)(H,25,28). The minimum atomic E-state index is -0.356. The van der Waals surface area contributed by atoms with Crippen LogP contribution in [0.15, 0.2) is 274 Å². The fourth-order valence-corrected chi connectivity index (χ4v) is 16.4. The topological polar surface area (TPSA) is 475 Å². The Hall–Kier alpha value is -17.1. The summed E-state index contributed by atoms with van der Waals surface area (Å²) in [6.45, 7) is 7.11. The quantitative estimate of drug-likeness (QED) is 0.00862. The average Bonchev–Trinajstić information content (AvgIpc) is 1.64. The lowest BCUT2D eigenvalue weighted by molar-refractivity contribution is 0.0978. The molecule has 8 heterocycles. The van der Waals surface area contributed by atoms with Crippen molar-refractivity contribution in [1.29, 1.82) is 27.0 Å². The number of ketones is 5. The maximum Gasteiger partial charge on any atom is 0.259 e. The number of hydrogen-bond acceptors (Lipinski definition) is 20. The summed E-state index contributed by atoms with van der Waals surface area (Å²) >= 11 is 29.4. The highest BCUT2D eigenvalue weighted by Gasteiger charge is 2.30. The number of carbonyl (C=O) groups is 10. The molecule has 0 radical (unpaired) electrons. The molecule has 0 saturated carbocycles. The van der Waals surface area contributed by atoms with Crippen LogP contribution in [0, 0.1) is 27.0 Å². The summed E-state index contributed by atoms with van der Waals surface area (Å²) in [5.74, 6) is -0.968. The smallest absolute Gasteiger partial charge is 0.259 e. The van der Waals surface area contributed by atoms with Gasteiger partial charge in [0.15, 0.2) is 28.9 Å². The summed E-state index contributed by atoms with van der Waals surface area (Å²) in [5, 5.41) is 77.3. The van der Waals surface area contributed by atoms with E-state index in [2.05, 4.69) is 57.0 Å². The fourth-order valence-electron chi connectivity index (χ4n) is 15.7. The molecule has 0 spiro atoms. The van der Waals surface area contributed by atoms with E-state index in [0.717, 1.165) is 80.8 Å². The SMILES string of the molecule is CC(=N)c1ccc(C(=O)Cc2c(C(=O)Nc3ccc(Cl)cc3)cnn2C)cc1.Cn1ncc(C(=O)Nc2ccc(Cl)cc2)c1CC(=O)c1ccc(C(=N)N)cc1.Cn1ncc(C(=O)Nc2ccc(Cl)cc2)c1CC(=O)c1ccc(C(=N)N2CC2)cc1.Cn1ncc(C(=O)Nc2ccc(Cl)cc2)c1CC(=O)c1ccc(C(=N)N2CCC2)cc1.Cn1ncc(C(=O)Nc2ccc(Cl)cc2)c1CC(=O)c1ccc(C(=N)N2CCCC2)cc1. The number of carbonyl (C=O) groups excluding carboxylic acids is 10. The van der Waals surface area contributed by atoms with Gasteiger partial charge >= 0.3 is 0 Å². The second kappa shape index (κ2) is 49.7. The minimum Gasteiger partial charge on any atom is -0.384 e. The molecule has 12 N–H and O–H groups in total. The van der Waals surface area contributed by atoms with Gasteiger partial charge in [-0.2, -0.15) is 25.5 Å². The van der Waals surface area contributed by atoms with Crippen LogP contribution >= 0.6 is 58.0 Å². The maximum atomic E-state index is 12.9. The van der Waals surface area contributed by atoms with E-state index < -0.39 is 0 Å². The van der Waals surface area contributed by atoms with Gasteiger partial charge in [-0.1, -0.05) is 179 Å². The number of nitrogens with two attached hydrogens (primary N) is 1. The molecule has 3 aliphatic heterocycles. The molecule has 758 valence electrons. The number of benzene rings is 10. The Morgan fingerprint density at radius 3 is 0.604 bits per heavy atom. The van der Waals surface area contributed by atoms with Crippen LogP contribution in [-0.4, -0.2) is 190 Å². The van der Waals surface area contributed by atoms with Gasteiger partial charge in [-0.15, -0.1) is 0 Å². The normalized spacial score (nSPS) is 12.0. The van der Waals surface area contributed by atoms with Crippen LogP contribution in [-0.2, 0) is 67.3 Å². The van der Waals surface area contributed by atoms with Gasteiger partial charge in [-0.25, -0.2) is 0 Å². The number of nitrogen functional groups attached to an aromatic ring is 1. The van der Waals surface area contributed by atoms with Crippen molar-refractivity contribution in [3.8, 4) is 0 Å². The molecule has 18 rings (SSSR count). The van der Waals surface area contributed by atoms with Crippen LogP contribution in [0.2, 0.25) is 25.1 Å². The lowest BCUT2D eigenvalue weighted by Gasteiger charge is -2.33. The molecule has 34 nitrogen and oxygen atoms in total. The van der Waals surface area contributed by atoms with Crippen molar-refractivity contribution in [3.63, 3.8) is 0 Å². The number of hydrogen-bond donors (Lipinski definition) is 11.